The molecule has 1 atom stereocenters. The van der Waals surface area contributed by atoms with Gasteiger partial charge in [-0.05, 0) is 39.1 Å². The van der Waals surface area contributed by atoms with Gasteiger partial charge in [0, 0.05) is 19.2 Å². The van der Waals surface area contributed by atoms with E-state index in [1.807, 2.05) is 56.3 Å². The van der Waals surface area contributed by atoms with Gasteiger partial charge in [0.1, 0.15) is 10.8 Å². The van der Waals surface area contributed by atoms with Crippen LogP contribution in [0.4, 0.5) is 0 Å². The lowest BCUT2D eigenvalue weighted by Crippen LogP contribution is -2.37. The number of aromatic nitrogens is 1. The number of aryl methyl sites for hydroxylation is 1. The highest BCUT2D eigenvalue weighted by molar-refractivity contribution is 7.18. The van der Waals surface area contributed by atoms with E-state index in [0.717, 1.165) is 26.5 Å². The third-order valence-electron chi connectivity index (χ3n) is 4.92. The second-order valence-corrected chi connectivity index (χ2v) is 8.25. The Morgan fingerprint density at radius 2 is 1.96 bits per heavy atom. The monoisotopic (exact) mass is 397 g/mol. The predicted molar refractivity (Wildman–Crippen MR) is 115 cm³/mol. The van der Waals surface area contributed by atoms with Gasteiger partial charge in [-0.3, -0.25) is 9.69 Å². The molecule has 0 bridgehead atoms. The average molecular weight is 398 g/mol. The van der Waals surface area contributed by atoms with Gasteiger partial charge in [0.15, 0.2) is 0 Å². The minimum atomic E-state index is -0.0631. The Hall–Kier alpha value is -2.44. The summed E-state index contributed by atoms with van der Waals surface area (Å²) in [4.78, 5) is 21.3. The minimum absolute atomic E-state index is 0.0631. The number of nitrogens with zero attached hydrogens (tertiary/aromatic N) is 3. The standard InChI is InChI=1S/C22H27N3O2S/c1-15-10-11-19(27-5)17(12-15)13-24(3)14-21(26)25(4)16(2)22-23-18-8-6-7-9-20(18)28-22/h6-12,16H,13-14H2,1-5H3/t16-/m0/s1. The summed E-state index contributed by atoms with van der Waals surface area (Å²) in [5, 5.41) is 0.958. The van der Waals surface area contributed by atoms with Crippen LogP contribution in [0.15, 0.2) is 42.5 Å². The molecule has 2 aromatic carbocycles. The van der Waals surface area contributed by atoms with Gasteiger partial charge in [0.05, 0.1) is 29.9 Å². The molecule has 0 aliphatic carbocycles. The van der Waals surface area contributed by atoms with E-state index < -0.39 is 0 Å². The Morgan fingerprint density at radius 3 is 2.68 bits per heavy atom. The van der Waals surface area contributed by atoms with E-state index in [-0.39, 0.29) is 11.9 Å². The molecule has 0 saturated heterocycles. The molecule has 0 saturated carbocycles. The maximum Gasteiger partial charge on any atom is 0.237 e. The number of benzene rings is 2. The topological polar surface area (TPSA) is 45.7 Å². The van der Waals surface area contributed by atoms with Gasteiger partial charge >= 0.3 is 0 Å². The molecule has 6 heteroatoms. The zero-order valence-electron chi connectivity index (χ0n) is 17.1. The highest BCUT2D eigenvalue weighted by Crippen LogP contribution is 2.29. The number of fused-ring (bicyclic) bond motifs is 1. The van der Waals surface area contributed by atoms with Crippen LogP contribution in [0.5, 0.6) is 5.75 Å². The molecule has 0 N–H and O–H groups in total. The maximum absolute atomic E-state index is 12.8. The SMILES string of the molecule is COc1ccc(C)cc1CN(C)CC(=O)N(C)[C@@H](C)c1nc2ccccc2s1. The van der Waals surface area contributed by atoms with Crippen LogP contribution in [0.25, 0.3) is 10.2 Å². The molecule has 0 unspecified atom stereocenters. The summed E-state index contributed by atoms with van der Waals surface area (Å²) in [5.74, 6) is 0.918. The molecule has 0 aliphatic rings. The van der Waals surface area contributed by atoms with Gasteiger partial charge in [-0.2, -0.15) is 0 Å². The Morgan fingerprint density at radius 1 is 1.21 bits per heavy atom. The number of thiazole rings is 1. The van der Waals surface area contributed by atoms with Crippen molar-refractivity contribution in [3.63, 3.8) is 0 Å². The first-order valence-corrected chi connectivity index (χ1v) is 10.1. The lowest BCUT2D eigenvalue weighted by Gasteiger charge is -2.26. The predicted octanol–water partition coefficient (Wildman–Crippen LogP) is 4.26. The number of hydrogen-bond acceptors (Lipinski definition) is 5. The smallest absolute Gasteiger partial charge is 0.237 e. The lowest BCUT2D eigenvalue weighted by atomic mass is 10.1. The van der Waals surface area contributed by atoms with Crippen molar-refractivity contribution in [1.29, 1.82) is 0 Å². The number of carbonyl (C=O) groups excluding carboxylic acids is 1. The molecule has 1 heterocycles. The van der Waals surface area contributed by atoms with Crippen LogP contribution in [0.1, 0.15) is 29.1 Å². The van der Waals surface area contributed by atoms with Gasteiger partial charge in [-0.25, -0.2) is 4.98 Å². The van der Waals surface area contributed by atoms with Gasteiger partial charge in [-0.15, -0.1) is 11.3 Å². The number of likely N-dealkylation sites (N-methyl/N-ethyl adjacent to an activating group) is 2. The van der Waals surface area contributed by atoms with Crippen molar-refractivity contribution in [2.75, 3.05) is 27.7 Å². The van der Waals surface area contributed by atoms with Crippen molar-refractivity contribution >= 4 is 27.5 Å². The second kappa shape index (κ2) is 8.71. The normalized spacial score (nSPS) is 12.4. The van der Waals surface area contributed by atoms with E-state index in [0.29, 0.717) is 13.1 Å². The number of rotatable bonds is 7. The number of ether oxygens (including phenoxy) is 1. The van der Waals surface area contributed by atoms with Crippen molar-refractivity contribution in [2.45, 2.75) is 26.4 Å². The number of para-hydroxylation sites is 1. The van der Waals surface area contributed by atoms with Crippen molar-refractivity contribution in [2.24, 2.45) is 0 Å². The van der Waals surface area contributed by atoms with Crippen LogP contribution < -0.4 is 4.74 Å². The molecule has 0 radical (unpaired) electrons. The van der Waals surface area contributed by atoms with Crippen LogP contribution in [-0.2, 0) is 11.3 Å². The van der Waals surface area contributed by atoms with Crippen LogP contribution in [0, 0.1) is 6.92 Å². The van der Waals surface area contributed by atoms with E-state index in [4.69, 9.17) is 4.74 Å². The van der Waals surface area contributed by atoms with Crippen LogP contribution in [0.3, 0.4) is 0 Å². The first kappa shape index (κ1) is 20.3. The van der Waals surface area contributed by atoms with E-state index >= 15 is 0 Å². The second-order valence-electron chi connectivity index (χ2n) is 7.19. The third-order valence-corrected chi connectivity index (χ3v) is 6.13. The summed E-state index contributed by atoms with van der Waals surface area (Å²) in [6.07, 6.45) is 0. The molecular weight excluding hydrogens is 370 g/mol. The molecule has 3 rings (SSSR count). The molecule has 28 heavy (non-hydrogen) atoms. The highest BCUT2D eigenvalue weighted by Gasteiger charge is 2.22. The summed E-state index contributed by atoms with van der Waals surface area (Å²) >= 11 is 1.64. The maximum atomic E-state index is 12.8. The average Bonchev–Trinajstić information content (AvgIpc) is 3.11. The fourth-order valence-electron chi connectivity index (χ4n) is 3.17. The van der Waals surface area contributed by atoms with Crippen LogP contribution in [-0.4, -0.2) is 48.4 Å². The fraction of sp³-hybridized carbons (Fsp3) is 0.364. The number of methoxy groups -OCH3 is 1. The quantitative estimate of drug-likeness (QED) is 0.597. The summed E-state index contributed by atoms with van der Waals surface area (Å²) in [5.41, 5.74) is 3.25. The fourth-order valence-corrected chi connectivity index (χ4v) is 4.23. The Balaban J connectivity index is 1.65. The van der Waals surface area contributed by atoms with Gasteiger partial charge in [0.25, 0.3) is 0 Å². The molecule has 3 aromatic rings. The summed E-state index contributed by atoms with van der Waals surface area (Å²) in [7, 11) is 5.48. The van der Waals surface area contributed by atoms with E-state index in [9.17, 15) is 4.79 Å². The molecule has 1 amide bonds. The van der Waals surface area contributed by atoms with Crippen LogP contribution in [0.2, 0.25) is 0 Å². The molecule has 148 valence electrons. The molecule has 0 fully saturated rings. The first-order chi connectivity index (χ1) is 13.4. The molecule has 1 aromatic heterocycles. The van der Waals surface area contributed by atoms with Crippen LogP contribution >= 0.6 is 11.3 Å². The van der Waals surface area contributed by atoms with Crippen molar-refractivity contribution < 1.29 is 9.53 Å². The number of carbonyl (C=O) groups is 1. The van der Waals surface area contributed by atoms with Crippen molar-refractivity contribution in [1.82, 2.24) is 14.8 Å². The van der Waals surface area contributed by atoms with E-state index in [2.05, 4.69) is 24.0 Å². The largest absolute Gasteiger partial charge is 0.496 e. The lowest BCUT2D eigenvalue weighted by molar-refractivity contribution is -0.132. The van der Waals surface area contributed by atoms with E-state index in [1.165, 1.54) is 5.56 Å². The van der Waals surface area contributed by atoms with Crippen molar-refractivity contribution in [3.8, 4) is 5.75 Å². The molecule has 0 spiro atoms. The minimum Gasteiger partial charge on any atom is -0.496 e. The van der Waals surface area contributed by atoms with Gasteiger partial charge in [-0.1, -0.05) is 29.8 Å². The Bertz CT molecular complexity index is 936. The summed E-state index contributed by atoms with van der Waals surface area (Å²) < 4.78 is 6.60. The Kier molecular flexibility index (Phi) is 6.31. The zero-order chi connectivity index (χ0) is 20.3. The summed E-state index contributed by atoms with van der Waals surface area (Å²) in [6, 6.07) is 14.1. The Labute approximate surface area is 170 Å². The molecule has 5 nitrogen and oxygen atoms in total. The van der Waals surface area contributed by atoms with Gasteiger partial charge in [0.2, 0.25) is 5.91 Å². The highest BCUT2D eigenvalue weighted by atomic mass is 32.1. The third kappa shape index (κ3) is 4.51. The molecule has 0 aliphatic heterocycles. The number of amides is 1. The van der Waals surface area contributed by atoms with Crippen molar-refractivity contribution in [3.05, 3.63) is 58.6 Å². The van der Waals surface area contributed by atoms with E-state index in [1.54, 1.807) is 23.3 Å². The summed E-state index contributed by atoms with van der Waals surface area (Å²) in [6.45, 7) is 5.07. The molecular formula is C22H27N3O2S. The first-order valence-electron chi connectivity index (χ1n) is 9.32. The zero-order valence-corrected chi connectivity index (χ0v) is 17.9. The number of hydrogen-bond donors (Lipinski definition) is 0. The van der Waals surface area contributed by atoms with Gasteiger partial charge < -0.3 is 9.64 Å².